The number of aromatic nitrogens is 2. The molecule has 0 aliphatic heterocycles. The van der Waals surface area contributed by atoms with E-state index in [1.54, 1.807) is 37.5 Å². The summed E-state index contributed by atoms with van der Waals surface area (Å²) in [6.07, 6.45) is 1.49. The van der Waals surface area contributed by atoms with Gasteiger partial charge in [0.05, 0.1) is 24.5 Å². The lowest BCUT2D eigenvalue weighted by Crippen LogP contribution is -2.43. The van der Waals surface area contributed by atoms with Crippen molar-refractivity contribution in [1.29, 1.82) is 0 Å². The zero-order valence-corrected chi connectivity index (χ0v) is 13.3. The molecule has 118 valence electrons. The minimum atomic E-state index is -0.396. The van der Waals surface area contributed by atoms with Crippen LogP contribution >= 0.6 is 0 Å². The molecule has 0 saturated heterocycles. The van der Waals surface area contributed by atoms with E-state index in [1.807, 2.05) is 6.92 Å². The third-order valence-corrected chi connectivity index (χ3v) is 3.35. The Balaban J connectivity index is 2.73. The van der Waals surface area contributed by atoms with E-state index in [0.717, 1.165) is 0 Å². The van der Waals surface area contributed by atoms with E-state index in [9.17, 15) is 9.59 Å². The van der Waals surface area contributed by atoms with E-state index in [2.05, 4.69) is 10.4 Å². The predicted molar refractivity (Wildman–Crippen MR) is 78.8 cm³/mol. The fourth-order valence-electron chi connectivity index (χ4n) is 1.88. The quantitative estimate of drug-likeness (QED) is 0.744. The molecule has 0 aliphatic rings. The Labute approximate surface area is 125 Å². The minimum Gasteiger partial charge on any atom is -0.462 e. The molecule has 21 heavy (non-hydrogen) atoms. The van der Waals surface area contributed by atoms with Gasteiger partial charge in [-0.05, 0) is 20.8 Å². The lowest BCUT2D eigenvalue weighted by Gasteiger charge is -2.20. The van der Waals surface area contributed by atoms with Crippen LogP contribution in [0.1, 0.15) is 36.8 Å². The predicted octanol–water partition coefficient (Wildman–Crippen LogP) is 0.553. The van der Waals surface area contributed by atoms with Gasteiger partial charge in [-0.25, -0.2) is 4.79 Å². The van der Waals surface area contributed by atoms with Crippen LogP contribution in [0.2, 0.25) is 0 Å². The summed E-state index contributed by atoms with van der Waals surface area (Å²) in [5.41, 5.74) is 1.13. The summed E-state index contributed by atoms with van der Waals surface area (Å²) in [7, 11) is 3.51. The summed E-state index contributed by atoms with van der Waals surface area (Å²) in [6.45, 7) is 6.82. The van der Waals surface area contributed by atoms with Gasteiger partial charge in [0.2, 0.25) is 5.91 Å². The van der Waals surface area contributed by atoms with E-state index in [-0.39, 0.29) is 11.9 Å². The standard InChI is InChI=1S/C14H24N4O3/c1-6-17(4)13(19)10(3)15-9-12-11(8-16-18(12)5)14(20)21-7-2/h8,10,15H,6-7,9H2,1-5H3. The second-order valence-electron chi connectivity index (χ2n) is 4.80. The molecule has 0 spiro atoms. The first-order chi connectivity index (χ1) is 9.92. The fourth-order valence-corrected chi connectivity index (χ4v) is 1.88. The van der Waals surface area contributed by atoms with Crippen LogP contribution in [0.4, 0.5) is 0 Å². The topological polar surface area (TPSA) is 76.5 Å². The highest BCUT2D eigenvalue weighted by Gasteiger charge is 2.20. The lowest BCUT2D eigenvalue weighted by molar-refractivity contribution is -0.131. The van der Waals surface area contributed by atoms with Crippen molar-refractivity contribution in [2.75, 3.05) is 20.2 Å². The highest BCUT2D eigenvalue weighted by atomic mass is 16.5. The Morgan fingerprint density at radius 3 is 2.71 bits per heavy atom. The van der Waals surface area contributed by atoms with Crippen LogP contribution in [-0.4, -0.2) is 52.8 Å². The van der Waals surface area contributed by atoms with E-state index >= 15 is 0 Å². The van der Waals surface area contributed by atoms with Crippen LogP contribution in [0.5, 0.6) is 0 Å². The number of rotatable bonds is 7. The van der Waals surface area contributed by atoms with Gasteiger partial charge < -0.3 is 15.0 Å². The number of nitrogens with one attached hydrogen (secondary N) is 1. The summed E-state index contributed by atoms with van der Waals surface area (Å²) < 4.78 is 6.61. The van der Waals surface area contributed by atoms with Gasteiger partial charge in [0, 0.05) is 27.2 Å². The molecule has 0 fully saturated rings. The number of esters is 1. The van der Waals surface area contributed by atoms with Crippen molar-refractivity contribution in [3.05, 3.63) is 17.5 Å². The third-order valence-electron chi connectivity index (χ3n) is 3.35. The average Bonchev–Trinajstić information content (AvgIpc) is 2.84. The first kappa shape index (κ1) is 17.2. The van der Waals surface area contributed by atoms with E-state index in [4.69, 9.17) is 4.74 Å². The second kappa shape index (κ2) is 7.78. The monoisotopic (exact) mass is 296 g/mol. The Morgan fingerprint density at radius 2 is 2.14 bits per heavy atom. The van der Waals surface area contributed by atoms with Crippen molar-refractivity contribution >= 4 is 11.9 Å². The second-order valence-corrected chi connectivity index (χ2v) is 4.80. The van der Waals surface area contributed by atoms with Gasteiger partial charge in [0.25, 0.3) is 0 Å². The number of hydrogen-bond donors (Lipinski definition) is 1. The molecule has 1 aromatic rings. The van der Waals surface area contributed by atoms with Crippen LogP contribution < -0.4 is 5.32 Å². The van der Waals surface area contributed by atoms with Gasteiger partial charge in [-0.15, -0.1) is 0 Å². The number of likely N-dealkylation sites (N-methyl/N-ethyl adjacent to an activating group) is 1. The molecule has 7 nitrogen and oxygen atoms in total. The lowest BCUT2D eigenvalue weighted by atomic mass is 10.2. The smallest absolute Gasteiger partial charge is 0.341 e. The largest absolute Gasteiger partial charge is 0.462 e. The summed E-state index contributed by atoms with van der Waals surface area (Å²) in [4.78, 5) is 25.5. The molecule has 0 bridgehead atoms. The number of hydrogen-bond acceptors (Lipinski definition) is 5. The van der Waals surface area contributed by atoms with Crippen LogP contribution in [0.25, 0.3) is 0 Å². The molecule has 0 aliphatic carbocycles. The fraction of sp³-hybridized carbons (Fsp3) is 0.643. The van der Waals surface area contributed by atoms with Crippen molar-refractivity contribution in [1.82, 2.24) is 20.0 Å². The molecule has 1 heterocycles. The highest BCUT2D eigenvalue weighted by molar-refractivity contribution is 5.90. The number of aryl methyl sites for hydroxylation is 1. The maximum atomic E-state index is 12.0. The Hall–Kier alpha value is -1.89. The minimum absolute atomic E-state index is 0.0114. The molecule has 1 rings (SSSR count). The molecular formula is C14H24N4O3. The third kappa shape index (κ3) is 4.29. The first-order valence-corrected chi connectivity index (χ1v) is 7.08. The van der Waals surface area contributed by atoms with Crippen molar-refractivity contribution in [3.8, 4) is 0 Å². The normalized spacial score (nSPS) is 12.0. The first-order valence-electron chi connectivity index (χ1n) is 7.08. The molecule has 0 aromatic carbocycles. The summed E-state index contributed by atoms with van der Waals surface area (Å²) in [6, 6.07) is -0.333. The van der Waals surface area contributed by atoms with Crippen molar-refractivity contribution < 1.29 is 14.3 Å². The van der Waals surface area contributed by atoms with Gasteiger partial charge in [0.1, 0.15) is 5.56 Å². The van der Waals surface area contributed by atoms with Crippen molar-refractivity contribution in [2.24, 2.45) is 7.05 Å². The van der Waals surface area contributed by atoms with Gasteiger partial charge >= 0.3 is 5.97 Å². The number of ether oxygens (including phenoxy) is 1. The summed E-state index contributed by atoms with van der Waals surface area (Å²) in [5, 5.41) is 7.19. The average molecular weight is 296 g/mol. The molecule has 1 amide bonds. The zero-order chi connectivity index (χ0) is 16.0. The van der Waals surface area contributed by atoms with Crippen molar-refractivity contribution in [2.45, 2.75) is 33.4 Å². The highest BCUT2D eigenvalue weighted by Crippen LogP contribution is 2.09. The van der Waals surface area contributed by atoms with E-state index in [0.29, 0.717) is 31.0 Å². The van der Waals surface area contributed by atoms with Crippen molar-refractivity contribution in [3.63, 3.8) is 0 Å². The van der Waals surface area contributed by atoms with Gasteiger partial charge in [0.15, 0.2) is 0 Å². The number of carbonyl (C=O) groups excluding carboxylic acids is 2. The number of carbonyl (C=O) groups is 2. The molecule has 1 N–H and O–H groups in total. The van der Waals surface area contributed by atoms with Gasteiger partial charge in [-0.2, -0.15) is 5.10 Å². The molecular weight excluding hydrogens is 272 g/mol. The van der Waals surface area contributed by atoms with Crippen LogP contribution in [0.15, 0.2) is 6.20 Å². The molecule has 1 aromatic heterocycles. The molecule has 7 heteroatoms. The molecule has 1 atom stereocenters. The molecule has 0 radical (unpaired) electrons. The summed E-state index contributed by atoms with van der Waals surface area (Å²) >= 11 is 0. The Kier molecular flexibility index (Phi) is 6.36. The van der Waals surface area contributed by atoms with Gasteiger partial charge in [-0.1, -0.05) is 0 Å². The molecule has 1 unspecified atom stereocenters. The summed E-state index contributed by atoms with van der Waals surface area (Å²) in [5.74, 6) is -0.385. The number of amides is 1. The zero-order valence-electron chi connectivity index (χ0n) is 13.3. The Morgan fingerprint density at radius 1 is 1.48 bits per heavy atom. The van der Waals surface area contributed by atoms with Crippen LogP contribution in [0, 0.1) is 0 Å². The van der Waals surface area contributed by atoms with E-state index < -0.39 is 5.97 Å². The SMILES string of the molecule is CCOC(=O)c1cnn(C)c1CNC(C)C(=O)N(C)CC. The van der Waals surface area contributed by atoms with Gasteiger partial charge in [-0.3, -0.25) is 9.48 Å². The van der Waals surface area contributed by atoms with E-state index in [1.165, 1.54) is 6.20 Å². The number of nitrogens with zero attached hydrogens (tertiary/aromatic N) is 3. The maximum Gasteiger partial charge on any atom is 0.341 e. The molecule has 0 saturated carbocycles. The maximum absolute atomic E-state index is 12.0. The van der Waals surface area contributed by atoms with Crippen LogP contribution in [0.3, 0.4) is 0 Å². The Bertz CT molecular complexity index is 498. The van der Waals surface area contributed by atoms with Crippen LogP contribution in [-0.2, 0) is 23.1 Å².